The summed E-state index contributed by atoms with van der Waals surface area (Å²) in [6.07, 6.45) is 3.61. The molecule has 0 amide bonds. The van der Waals surface area contributed by atoms with Gasteiger partial charge in [0, 0.05) is 23.3 Å². The normalized spacial score (nSPS) is 11.0. The van der Waals surface area contributed by atoms with E-state index in [0.717, 1.165) is 33.9 Å². The number of aromatic nitrogens is 3. The first kappa shape index (κ1) is 16.0. The molecule has 0 aliphatic carbocycles. The van der Waals surface area contributed by atoms with Crippen molar-refractivity contribution in [2.75, 3.05) is 0 Å². The summed E-state index contributed by atoms with van der Waals surface area (Å²) in [6, 6.07) is 14.7. The minimum Gasteiger partial charge on any atom is -0.293 e. The topological polar surface area (TPSA) is 73.3 Å². The zero-order valence-corrected chi connectivity index (χ0v) is 14.4. The SMILES string of the molecule is Cc1ccc(-c2cnc(-c3ccc([N+](=O)[O-])cc3)c3cnc(C)n23)cc1. The van der Waals surface area contributed by atoms with E-state index in [2.05, 4.69) is 45.6 Å². The second kappa shape index (κ2) is 6.07. The Morgan fingerprint density at radius 2 is 1.54 bits per heavy atom. The number of benzene rings is 2. The van der Waals surface area contributed by atoms with E-state index in [1.165, 1.54) is 17.7 Å². The highest BCUT2D eigenvalue weighted by molar-refractivity contribution is 5.80. The summed E-state index contributed by atoms with van der Waals surface area (Å²) >= 11 is 0. The van der Waals surface area contributed by atoms with Gasteiger partial charge in [0.1, 0.15) is 5.82 Å². The predicted molar refractivity (Wildman–Crippen MR) is 100.0 cm³/mol. The van der Waals surface area contributed by atoms with Gasteiger partial charge in [0.25, 0.3) is 5.69 Å². The van der Waals surface area contributed by atoms with Gasteiger partial charge in [-0.1, -0.05) is 29.8 Å². The molecule has 0 saturated heterocycles. The fourth-order valence-corrected chi connectivity index (χ4v) is 3.06. The van der Waals surface area contributed by atoms with Crippen LogP contribution in [-0.4, -0.2) is 19.3 Å². The molecule has 0 bridgehead atoms. The lowest BCUT2D eigenvalue weighted by Gasteiger charge is -2.11. The lowest BCUT2D eigenvalue weighted by atomic mass is 10.1. The number of aryl methyl sites for hydroxylation is 2. The third kappa shape index (κ3) is 2.61. The van der Waals surface area contributed by atoms with Crippen LogP contribution in [0.2, 0.25) is 0 Å². The number of nitro groups is 1. The smallest absolute Gasteiger partial charge is 0.269 e. The summed E-state index contributed by atoms with van der Waals surface area (Å²) in [6.45, 7) is 4.00. The van der Waals surface area contributed by atoms with Crippen LogP contribution in [0.5, 0.6) is 0 Å². The molecule has 0 atom stereocenters. The number of nitro benzene ring substituents is 1. The summed E-state index contributed by atoms with van der Waals surface area (Å²) in [7, 11) is 0. The Morgan fingerprint density at radius 1 is 0.885 bits per heavy atom. The van der Waals surface area contributed by atoms with Gasteiger partial charge >= 0.3 is 0 Å². The van der Waals surface area contributed by atoms with Crippen LogP contribution < -0.4 is 0 Å². The maximum Gasteiger partial charge on any atom is 0.269 e. The Bertz CT molecular complexity index is 1110. The molecular weight excluding hydrogens is 328 g/mol. The number of rotatable bonds is 3. The summed E-state index contributed by atoms with van der Waals surface area (Å²) in [5, 5.41) is 10.9. The molecule has 0 fully saturated rings. The quantitative estimate of drug-likeness (QED) is 0.402. The van der Waals surface area contributed by atoms with Gasteiger partial charge in [-0.15, -0.1) is 0 Å². The summed E-state index contributed by atoms with van der Waals surface area (Å²) in [4.78, 5) is 19.5. The van der Waals surface area contributed by atoms with E-state index in [0.29, 0.717) is 0 Å². The van der Waals surface area contributed by atoms with E-state index in [4.69, 9.17) is 0 Å². The van der Waals surface area contributed by atoms with Crippen molar-refractivity contribution in [1.82, 2.24) is 14.4 Å². The monoisotopic (exact) mass is 344 g/mol. The number of hydrogen-bond acceptors (Lipinski definition) is 4. The maximum absolute atomic E-state index is 10.9. The van der Waals surface area contributed by atoms with E-state index in [1.54, 1.807) is 18.3 Å². The summed E-state index contributed by atoms with van der Waals surface area (Å²) in [5.74, 6) is 0.862. The Morgan fingerprint density at radius 3 is 2.19 bits per heavy atom. The van der Waals surface area contributed by atoms with Crippen LogP contribution in [0.1, 0.15) is 11.4 Å². The zero-order chi connectivity index (χ0) is 18.3. The van der Waals surface area contributed by atoms with Crippen LogP contribution in [0, 0.1) is 24.0 Å². The van der Waals surface area contributed by atoms with Crippen molar-refractivity contribution < 1.29 is 4.92 Å². The van der Waals surface area contributed by atoms with Crippen molar-refractivity contribution in [3.8, 4) is 22.5 Å². The number of fused-ring (bicyclic) bond motifs is 1. The van der Waals surface area contributed by atoms with E-state index < -0.39 is 4.92 Å². The lowest BCUT2D eigenvalue weighted by Crippen LogP contribution is -1.99. The van der Waals surface area contributed by atoms with Crippen LogP contribution in [0.25, 0.3) is 28.0 Å². The van der Waals surface area contributed by atoms with Crippen molar-refractivity contribution in [3.05, 3.63) is 82.4 Å². The maximum atomic E-state index is 10.9. The number of nitrogens with zero attached hydrogens (tertiary/aromatic N) is 4. The molecule has 26 heavy (non-hydrogen) atoms. The molecule has 2 aromatic carbocycles. The second-order valence-electron chi connectivity index (χ2n) is 6.19. The van der Waals surface area contributed by atoms with E-state index in [9.17, 15) is 10.1 Å². The minimum absolute atomic E-state index is 0.0609. The highest BCUT2D eigenvalue weighted by atomic mass is 16.6. The Kier molecular flexibility index (Phi) is 3.73. The molecule has 128 valence electrons. The standard InChI is InChI=1S/C20H16N4O2/c1-13-3-5-15(6-4-13)18-11-22-20(19-12-21-14(2)23(18)19)16-7-9-17(10-8-16)24(25)26/h3-12H,1-2H3. The van der Waals surface area contributed by atoms with Gasteiger partial charge in [-0.25, -0.2) is 4.98 Å². The summed E-state index contributed by atoms with van der Waals surface area (Å²) < 4.78 is 2.06. The first-order chi connectivity index (χ1) is 12.5. The molecule has 0 saturated carbocycles. The van der Waals surface area contributed by atoms with Crippen LogP contribution in [0.15, 0.2) is 60.9 Å². The van der Waals surface area contributed by atoms with Gasteiger partial charge in [0.15, 0.2) is 0 Å². The number of non-ortho nitro benzene ring substituents is 1. The second-order valence-corrected chi connectivity index (χ2v) is 6.19. The molecule has 0 N–H and O–H groups in total. The van der Waals surface area contributed by atoms with Crippen molar-refractivity contribution in [2.24, 2.45) is 0 Å². The Hall–Kier alpha value is -3.54. The molecule has 6 nitrogen and oxygen atoms in total. The van der Waals surface area contributed by atoms with E-state index in [1.807, 2.05) is 13.1 Å². The molecule has 2 heterocycles. The third-order valence-corrected chi connectivity index (χ3v) is 4.44. The highest BCUT2D eigenvalue weighted by Crippen LogP contribution is 2.29. The molecule has 6 heteroatoms. The van der Waals surface area contributed by atoms with Gasteiger partial charge in [-0.2, -0.15) is 0 Å². The molecule has 4 rings (SSSR count). The zero-order valence-electron chi connectivity index (χ0n) is 14.4. The molecule has 0 unspecified atom stereocenters. The number of hydrogen-bond donors (Lipinski definition) is 0. The highest BCUT2D eigenvalue weighted by Gasteiger charge is 2.14. The van der Waals surface area contributed by atoms with E-state index in [-0.39, 0.29) is 5.69 Å². The van der Waals surface area contributed by atoms with Gasteiger partial charge in [0.2, 0.25) is 0 Å². The van der Waals surface area contributed by atoms with Crippen LogP contribution >= 0.6 is 0 Å². The lowest BCUT2D eigenvalue weighted by molar-refractivity contribution is -0.384. The predicted octanol–water partition coefficient (Wildman–Crippen LogP) is 4.59. The Balaban J connectivity index is 1.90. The molecule has 0 aliphatic heterocycles. The fourth-order valence-electron chi connectivity index (χ4n) is 3.06. The van der Waals surface area contributed by atoms with Crippen molar-refractivity contribution in [2.45, 2.75) is 13.8 Å². The van der Waals surface area contributed by atoms with Crippen LogP contribution in [0.4, 0.5) is 5.69 Å². The van der Waals surface area contributed by atoms with Crippen molar-refractivity contribution in [3.63, 3.8) is 0 Å². The first-order valence-corrected chi connectivity index (χ1v) is 8.19. The fraction of sp³-hybridized carbons (Fsp3) is 0.100. The molecule has 0 spiro atoms. The Labute approximate surface area is 149 Å². The van der Waals surface area contributed by atoms with Crippen molar-refractivity contribution in [1.29, 1.82) is 0 Å². The summed E-state index contributed by atoms with van der Waals surface area (Å²) in [5.41, 5.74) is 5.71. The third-order valence-electron chi connectivity index (χ3n) is 4.44. The van der Waals surface area contributed by atoms with Gasteiger partial charge in [-0.3, -0.25) is 19.5 Å². The van der Waals surface area contributed by atoms with E-state index >= 15 is 0 Å². The van der Waals surface area contributed by atoms with Gasteiger partial charge in [-0.05, 0) is 26.0 Å². The van der Waals surface area contributed by atoms with Crippen LogP contribution in [0.3, 0.4) is 0 Å². The molecule has 2 aromatic heterocycles. The molecular formula is C20H16N4O2. The average molecular weight is 344 g/mol. The van der Waals surface area contributed by atoms with Crippen molar-refractivity contribution >= 4 is 11.2 Å². The first-order valence-electron chi connectivity index (χ1n) is 8.19. The molecule has 0 aliphatic rings. The number of imidazole rings is 1. The van der Waals surface area contributed by atoms with Crippen LogP contribution in [-0.2, 0) is 0 Å². The minimum atomic E-state index is -0.406. The van der Waals surface area contributed by atoms with Gasteiger partial charge < -0.3 is 0 Å². The van der Waals surface area contributed by atoms with Gasteiger partial charge in [0.05, 0.1) is 34.2 Å². The largest absolute Gasteiger partial charge is 0.293 e. The molecule has 4 aromatic rings. The average Bonchev–Trinajstić information content (AvgIpc) is 3.04. The molecule has 0 radical (unpaired) electrons.